The average molecular weight is 460 g/mol. The lowest BCUT2D eigenvalue weighted by atomic mass is 10.1. The summed E-state index contributed by atoms with van der Waals surface area (Å²) >= 11 is 0. The molecule has 0 amide bonds. The van der Waals surface area contributed by atoms with Gasteiger partial charge in [-0.15, -0.1) is 10.2 Å². The third-order valence-corrected chi connectivity index (χ3v) is 4.51. The first-order chi connectivity index (χ1) is 15.2. The Morgan fingerprint density at radius 2 is 2.03 bits per heavy atom. The summed E-state index contributed by atoms with van der Waals surface area (Å²) in [5.41, 5.74) is -0.533. The van der Waals surface area contributed by atoms with Crippen LogP contribution in [0.25, 0.3) is 16.8 Å². The number of carbonyl (C=O) groups is 1. The van der Waals surface area contributed by atoms with E-state index in [1.165, 1.54) is 0 Å². The highest BCUT2D eigenvalue weighted by molar-refractivity contribution is 5.81. The number of nitrogens with zero attached hydrogens (tertiary/aromatic N) is 3. The van der Waals surface area contributed by atoms with Crippen LogP contribution >= 0.6 is 0 Å². The molecular formula is C19H17F5N4O4. The van der Waals surface area contributed by atoms with Gasteiger partial charge in [0.05, 0.1) is 23.7 Å². The van der Waals surface area contributed by atoms with E-state index >= 15 is 0 Å². The maximum Gasteiger partial charge on any atom is 0.416 e. The maximum atomic E-state index is 13.0. The molecule has 0 saturated carbocycles. The summed E-state index contributed by atoms with van der Waals surface area (Å²) in [7, 11) is 0. The lowest BCUT2D eigenvalue weighted by Crippen LogP contribution is -2.22. The van der Waals surface area contributed by atoms with Gasteiger partial charge in [0.15, 0.2) is 0 Å². The molecule has 1 aliphatic heterocycles. The van der Waals surface area contributed by atoms with Gasteiger partial charge in [-0.3, -0.25) is 9.20 Å². The van der Waals surface area contributed by atoms with Crippen LogP contribution in [-0.4, -0.2) is 52.0 Å². The van der Waals surface area contributed by atoms with Gasteiger partial charge in [-0.1, -0.05) is 0 Å². The smallest absolute Gasteiger partial charge is 0.416 e. The molecule has 3 heterocycles. The monoisotopic (exact) mass is 460 g/mol. The zero-order valence-corrected chi connectivity index (χ0v) is 16.2. The van der Waals surface area contributed by atoms with E-state index < -0.39 is 24.1 Å². The standard InChI is InChI=1S/C18H15F5N4O2.CH2O2/c19-16(20)29-14-8-10(18(21,22)23)3-4-12(14)15-13-2-1-6-27(13)17(26-25-15)24-11-5-7-28-9-11;2-1-3/h1-4,6,8,11,16H,5,7,9H2,(H,24,26);1H,(H,2,3)/t11-;/m0./s1. The van der Waals surface area contributed by atoms with Gasteiger partial charge in [0.2, 0.25) is 5.95 Å². The first kappa shape index (κ1) is 23.2. The summed E-state index contributed by atoms with van der Waals surface area (Å²) in [4.78, 5) is 8.36. The van der Waals surface area contributed by atoms with Crippen molar-refractivity contribution in [1.82, 2.24) is 14.6 Å². The molecule has 0 aliphatic carbocycles. The Labute approximate surface area is 177 Å². The zero-order chi connectivity index (χ0) is 23.3. The predicted molar refractivity (Wildman–Crippen MR) is 102 cm³/mol. The highest BCUT2D eigenvalue weighted by atomic mass is 19.4. The van der Waals surface area contributed by atoms with Crippen molar-refractivity contribution in [3.8, 4) is 17.0 Å². The van der Waals surface area contributed by atoms with Crippen LogP contribution in [0.3, 0.4) is 0 Å². The molecule has 1 atom stereocenters. The summed E-state index contributed by atoms with van der Waals surface area (Å²) < 4.78 is 75.9. The van der Waals surface area contributed by atoms with E-state index in [9.17, 15) is 22.0 Å². The van der Waals surface area contributed by atoms with E-state index in [2.05, 4.69) is 20.3 Å². The van der Waals surface area contributed by atoms with Crippen LogP contribution in [0.2, 0.25) is 0 Å². The number of alkyl halides is 5. The molecule has 8 nitrogen and oxygen atoms in total. The number of nitrogens with one attached hydrogen (secondary N) is 1. The lowest BCUT2D eigenvalue weighted by Gasteiger charge is -2.16. The fraction of sp³-hybridized carbons (Fsp3) is 0.316. The number of hydrogen-bond donors (Lipinski definition) is 2. The van der Waals surface area contributed by atoms with E-state index in [1.54, 1.807) is 22.7 Å². The number of carboxylic acid groups (broad SMARTS) is 1. The van der Waals surface area contributed by atoms with Gasteiger partial charge in [-0.25, -0.2) is 0 Å². The van der Waals surface area contributed by atoms with Gasteiger partial charge < -0.3 is 19.9 Å². The lowest BCUT2D eigenvalue weighted by molar-refractivity contribution is -0.138. The Morgan fingerprint density at radius 3 is 2.66 bits per heavy atom. The van der Waals surface area contributed by atoms with Crippen molar-refractivity contribution in [3.05, 3.63) is 42.1 Å². The number of aromatic nitrogens is 3. The Hall–Kier alpha value is -3.48. The molecule has 3 aromatic rings. The molecule has 2 N–H and O–H groups in total. The fourth-order valence-corrected chi connectivity index (χ4v) is 3.16. The minimum absolute atomic E-state index is 0.0229. The SMILES string of the molecule is FC(F)Oc1cc(C(F)(F)F)ccc1-c1nnc(N[C@H]2CCOC2)n2cccc12.O=CO. The molecule has 0 bridgehead atoms. The Bertz CT molecular complexity index is 1070. The third-order valence-electron chi connectivity index (χ3n) is 4.51. The summed E-state index contributed by atoms with van der Waals surface area (Å²) in [6.45, 7) is -2.41. The number of anilines is 1. The van der Waals surface area contributed by atoms with Crippen molar-refractivity contribution >= 4 is 17.9 Å². The van der Waals surface area contributed by atoms with Gasteiger partial charge in [-0.2, -0.15) is 22.0 Å². The third kappa shape index (κ3) is 5.22. The first-order valence-corrected chi connectivity index (χ1v) is 9.17. The normalized spacial score (nSPS) is 16.0. The molecule has 1 saturated heterocycles. The van der Waals surface area contributed by atoms with Crippen LogP contribution in [0.15, 0.2) is 36.5 Å². The molecule has 4 rings (SSSR count). The molecule has 0 radical (unpaired) electrons. The maximum absolute atomic E-state index is 13.0. The van der Waals surface area contributed by atoms with E-state index in [0.717, 1.165) is 18.6 Å². The Morgan fingerprint density at radius 1 is 1.28 bits per heavy atom. The first-order valence-electron chi connectivity index (χ1n) is 9.17. The van der Waals surface area contributed by atoms with Crippen LogP contribution in [0.5, 0.6) is 5.75 Å². The summed E-state index contributed by atoms with van der Waals surface area (Å²) in [6.07, 6.45) is -2.23. The molecule has 1 fully saturated rings. The van der Waals surface area contributed by atoms with Crippen LogP contribution in [-0.2, 0) is 15.7 Å². The van der Waals surface area contributed by atoms with Crippen LogP contribution in [0, 0.1) is 0 Å². The molecule has 1 aromatic carbocycles. The van der Waals surface area contributed by atoms with Crippen molar-refractivity contribution in [1.29, 1.82) is 0 Å². The van der Waals surface area contributed by atoms with Crippen molar-refractivity contribution in [2.24, 2.45) is 0 Å². The summed E-state index contributed by atoms with van der Waals surface area (Å²) in [5, 5.41) is 18.2. The second-order valence-corrected chi connectivity index (χ2v) is 6.53. The minimum Gasteiger partial charge on any atom is -0.483 e. The molecule has 2 aromatic heterocycles. The van der Waals surface area contributed by atoms with E-state index in [-0.39, 0.29) is 23.8 Å². The number of rotatable bonds is 5. The summed E-state index contributed by atoms with van der Waals surface area (Å²) in [5.74, 6) is -0.218. The van der Waals surface area contributed by atoms with E-state index in [4.69, 9.17) is 14.6 Å². The molecule has 172 valence electrons. The average Bonchev–Trinajstić information content (AvgIpc) is 3.40. The zero-order valence-electron chi connectivity index (χ0n) is 16.2. The minimum atomic E-state index is -4.70. The van der Waals surface area contributed by atoms with Crippen LogP contribution in [0.1, 0.15) is 12.0 Å². The Balaban J connectivity index is 0.000000913. The molecule has 1 aliphatic rings. The highest BCUT2D eigenvalue weighted by Gasteiger charge is 2.32. The number of ether oxygens (including phenoxy) is 2. The quantitative estimate of drug-likeness (QED) is 0.440. The number of hydrogen-bond acceptors (Lipinski definition) is 6. The van der Waals surface area contributed by atoms with Crippen LogP contribution < -0.4 is 10.1 Å². The van der Waals surface area contributed by atoms with Gasteiger partial charge in [0, 0.05) is 18.4 Å². The van der Waals surface area contributed by atoms with Gasteiger partial charge in [0.1, 0.15) is 11.4 Å². The van der Waals surface area contributed by atoms with Gasteiger partial charge in [-0.05, 0) is 36.8 Å². The number of halogens is 5. The topological polar surface area (TPSA) is 98.0 Å². The fourth-order valence-electron chi connectivity index (χ4n) is 3.16. The predicted octanol–water partition coefficient (Wildman–Crippen LogP) is 3.92. The van der Waals surface area contributed by atoms with Crippen LogP contribution in [0.4, 0.5) is 27.9 Å². The van der Waals surface area contributed by atoms with E-state index in [0.29, 0.717) is 30.7 Å². The molecular weight excluding hydrogens is 443 g/mol. The van der Waals surface area contributed by atoms with Crippen molar-refractivity contribution in [2.75, 3.05) is 18.5 Å². The largest absolute Gasteiger partial charge is 0.483 e. The second-order valence-electron chi connectivity index (χ2n) is 6.53. The highest BCUT2D eigenvalue weighted by Crippen LogP contribution is 2.38. The van der Waals surface area contributed by atoms with Gasteiger partial charge >= 0.3 is 12.8 Å². The van der Waals surface area contributed by atoms with Gasteiger partial charge in [0.25, 0.3) is 6.47 Å². The van der Waals surface area contributed by atoms with Crippen molar-refractivity contribution in [2.45, 2.75) is 25.3 Å². The molecule has 0 unspecified atom stereocenters. The molecule has 0 spiro atoms. The Kier molecular flexibility index (Phi) is 7.08. The second kappa shape index (κ2) is 9.77. The number of benzene rings is 1. The van der Waals surface area contributed by atoms with Crippen molar-refractivity contribution < 1.29 is 41.3 Å². The number of fused-ring (bicyclic) bond motifs is 1. The van der Waals surface area contributed by atoms with Crippen molar-refractivity contribution in [3.63, 3.8) is 0 Å². The molecule has 13 heteroatoms. The molecule has 32 heavy (non-hydrogen) atoms. The summed E-state index contributed by atoms with van der Waals surface area (Å²) in [6, 6.07) is 5.77. The van der Waals surface area contributed by atoms with E-state index in [1.807, 2.05) is 0 Å².